The lowest BCUT2D eigenvalue weighted by Crippen LogP contribution is -1.90. The lowest BCUT2D eigenvalue weighted by Gasteiger charge is -2.01. The van der Waals surface area contributed by atoms with E-state index in [1.807, 2.05) is 0 Å². The van der Waals surface area contributed by atoms with E-state index in [1.165, 1.54) is 0 Å². The zero-order chi connectivity index (χ0) is 22.7. The molecule has 2 aromatic heterocycles. The average Bonchev–Trinajstić information content (AvgIpc) is 2.58. The van der Waals surface area contributed by atoms with Gasteiger partial charge in [-0.2, -0.15) is 0 Å². The summed E-state index contributed by atoms with van der Waals surface area (Å²) in [5.41, 5.74) is -2.17. The Kier molecular flexibility index (Phi) is 0.879. The van der Waals surface area contributed by atoms with Gasteiger partial charge in [0, 0.05) is 32.9 Å². The normalized spacial score (nSPS) is 26.4. The van der Waals surface area contributed by atoms with E-state index in [2.05, 4.69) is 9.97 Å². The van der Waals surface area contributed by atoms with Crippen LogP contribution in [-0.2, 0) is 12.7 Å². The molecule has 76 valence electrons. The van der Waals surface area contributed by atoms with Crippen molar-refractivity contribution in [3.05, 3.63) is 60.0 Å². The Morgan fingerprint density at radius 1 is 0.867 bits per heavy atom. The zero-order valence-electron chi connectivity index (χ0n) is 21.4. The molecule has 0 fully saturated rings. The third-order valence-corrected chi connectivity index (χ3v) is 1.32. The van der Waals surface area contributed by atoms with Crippen molar-refractivity contribution in [2.75, 3.05) is 0 Å². The van der Waals surface area contributed by atoms with Crippen LogP contribution >= 0.6 is 0 Å². The first-order valence-electron chi connectivity index (χ1n) is 10.9. The van der Waals surface area contributed by atoms with Crippen molar-refractivity contribution in [1.82, 2.24) is 9.97 Å². The van der Waals surface area contributed by atoms with E-state index < -0.39 is 79.1 Å². The van der Waals surface area contributed by atoms with Crippen LogP contribution in [0.2, 0.25) is 0 Å². The molecule has 2 heterocycles. The number of pyridine rings is 2. The maximum absolute atomic E-state index is 8.18. The fourth-order valence-electron chi connectivity index (χ4n) is 0.735. The van der Waals surface area contributed by atoms with Gasteiger partial charge in [0.2, 0.25) is 0 Å². The minimum absolute atomic E-state index is 0.908. The van der Waals surface area contributed by atoms with Gasteiger partial charge in [0.05, 0.1) is 11.0 Å². The van der Waals surface area contributed by atoms with Gasteiger partial charge in [0.25, 0.3) is 0 Å². The van der Waals surface area contributed by atoms with Gasteiger partial charge >= 0.3 is 0 Å². The highest BCUT2D eigenvalue weighted by Gasteiger charge is 1.94. The van der Waals surface area contributed by atoms with E-state index in [9.17, 15) is 0 Å². The van der Waals surface area contributed by atoms with Crippen LogP contribution in [-0.4, -0.2) is 9.97 Å². The molecule has 0 unspecified atom stereocenters. The molecule has 2 heteroatoms. The molecule has 0 amide bonds. The van der Waals surface area contributed by atoms with Crippen molar-refractivity contribution in [1.29, 1.82) is 0 Å². The highest BCUT2D eigenvalue weighted by atomic mass is 14.6. The van der Waals surface area contributed by atoms with Crippen LogP contribution in [0.4, 0.5) is 0 Å². The Hall–Kier alpha value is -1.70. The monoisotopic (exact) mass is 212 g/mol. The molecule has 0 radical (unpaired) electrons. The van der Waals surface area contributed by atoms with Crippen LogP contribution in [0.5, 0.6) is 0 Å². The minimum atomic E-state index is -3.67. The molecule has 0 aromatic carbocycles. The van der Waals surface area contributed by atoms with Gasteiger partial charge < -0.3 is 0 Å². The Morgan fingerprint density at radius 3 is 1.67 bits per heavy atom. The molecule has 15 heavy (non-hydrogen) atoms. The largest absolute Gasteiger partial charge is 0.265 e. The highest BCUT2D eigenvalue weighted by molar-refractivity contribution is 5.12. The molecule has 0 aliphatic rings. The third kappa shape index (κ3) is 3.17. The smallest absolute Gasteiger partial charge is 0.0840 e. The van der Waals surface area contributed by atoms with Gasteiger partial charge in [-0.05, 0) is 54.4 Å². The summed E-state index contributed by atoms with van der Waals surface area (Å²) < 4.78 is 110. The lowest BCUT2D eigenvalue weighted by molar-refractivity contribution is 0.818. The molecule has 0 N–H and O–H groups in total. The molecule has 0 saturated heterocycles. The third-order valence-electron chi connectivity index (χ3n) is 1.32. The van der Waals surface area contributed by atoms with Crippen LogP contribution in [0, 0.1) is 0 Å². The first-order valence-corrected chi connectivity index (χ1v) is 3.89. The predicted molar refractivity (Wildman–Crippen MR) is 60.5 cm³/mol. The average molecular weight is 212 g/mol. The van der Waals surface area contributed by atoms with Crippen molar-refractivity contribution < 1.29 is 19.2 Å². The van der Waals surface area contributed by atoms with E-state index in [0.29, 0.717) is 0 Å². The number of hydrogen-bond donors (Lipinski definition) is 0. The summed E-state index contributed by atoms with van der Waals surface area (Å²) in [6.45, 7) is 0. The Bertz CT molecular complexity index is 856. The number of hydrogen-bond acceptors (Lipinski definition) is 2. The first-order chi connectivity index (χ1) is 13.0. The molecule has 0 spiro atoms. The van der Waals surface area contributed by atoms with Crippen molar-refractivity contribution >= 4 is 0 Å². The molecule has 2 nitrogen and oxygen atoms in total. The topological polar surface area (TPSA) is 25.8 Å². The molecule has 2 rings (SSSR count). The molecule has 0 saturated carbocycles. The molecule has 0 aliphatic carbocycles. The van der Waals surface area contributed by atoms with Gasteiger partial charge in [-0.1, -0.05) is 0 Å². The Labute approximate surface area is 110 Å². The van der Waals surface area contributed by atoms with Crippen molar-refractivity contribution in [3.63, 3.8) is 0 Å². The standard InChI is InChI=1S/C13H14N2/c1(2-12-4-8-14-9-5-12)3-13-6-10-15-11-7-13/h4-11H,1-3H2/i1D2,2D2,3D2,4D,5D,6D,7D,8D,9D,10D,11D. The molecule has 0 bridgehead atoms. The maximum atomic E-state index is 8.18. The maximum Gasteiger partial charge on any atom is 0.0840 e. The van der Waals surface area contributed by atoms with Gasteiger partial charge in [-0.3, -0.25) is 9.97 Å². The summed E-state index contributed by atoms with van der Waals surface area (Å²) in [4.78, 5) is 6.52. The zero-order valence-corrected chi connectivity index (χ0v) is 7.39. The molecule has 2 aromatic rings. The second kappa shape index (κ2) is 5.25. The Morgan fingerprint density at radius 2 is 1.27 bits per heavy atom. The molecule has 0 atom stereocenters. The molecule has 0 aliphatic heterocycles. The fraction of sp³-hybridized carbons (Fsp3) is 0.231. The van der Waals surface area contributed by atoms with Crippen LogP contribution in [0.25, 0.3) is 0 Å². The van der Waals surface area contributed by atoms with Crippen molar-refractivity contribution in [3.8, 4) is 0 Å². The fourth-order valence-corrected chi connectivity index (χ4v) is 0.735. The molecular weight excluding hydrogens is 184 g/mol. The lowest BCUT2D eigenvalue weighted by atomic mass is 10.1. The van der Waals surface area contributed by atoms with Gasteiger partial charge in [-0.15, -0.1) is 0 Å². The summed E-state index contributed by atoms with van der Waals surface area (Å²) in [7, 11) is 0. The van der Waals surface area contributed by atoms with E-state index in [4.69, 9.17) is 19.2 Å². The summed E-state index contributed by atoms with van der Waals surface area (Å²) in [6, 6.07) is -4.04. The SMILES string of the molecule is [2H]c1nc([2H])c([2H])c(C([2H])([2H])C([2H])([2H])C([2H])([2H])c2c([2H])c([2H])nc([2H])c2[2H])c1[2H]. The molecular formula is C13H14N2. The number of nitrogens with zero attached hydrogens (tertiary/aromatic N) is 2. The van der Waals surface area contributed by atoms with Crippen LogP contribution in [0.15, 0.2) is 48.9 Å². The van der Waals surface area contributed by atoms with Crippen LogP contribution < -0.4 is 0 Å². The van der Waals surface area contributed by atoms with Gasteiger partial charge in [0.15, 0.2) is 0 Å². The number of aromatic nitrogens is 2. The van der Waals surface area contributed by atoms with Gasteiger partial charge in [0.1, 0.15) is 0 Å². The number of rotatable bonds is 4. The second-order valence-corrected chi connectivity index (χ2v) is 2.30. The summed E-state index contributed by atoms with van der Waals surface area (Å²) in [5.74, 6) is 0. The summed E-state index contributed by atoms with van der Waals surface area (Å²) in [5, 5.41) is 0. The summed E-state index contributed by atoms with van der Waals surface area (Å²) >= 11 is 0. The quantitative estimate of drug-likeness (QED) is 0.778. The summed E-state index contributed by atoms with van der Waals surface area (Å²) in [6.07, 6.45) is -14.3. The van der Waals surface area contributed by atoms with E-state index in [1.54, 1.807) is 0 Å². The van der Waals surface area contributed by atoms with Gasteiger partial charge in [-0.25, -0.2) is 0 Å². The minimum Gasteiger partial charge on any atom is -0.265 e. The van der Waals surface area contributed by atoms with E-state index in [0.717, 1.165) is 0 Å². The Balaban J connectivity index is 2.85. The van der Waals surface area contributed by atoms with E-state index in [-0.39, 0.29) is 0 Å². The highest BCUT2D eigenvalue weighted by Crippen LogP contribution is 2.06. The predicted octanol–water partition coefficient (Wildman–Crippen LogP) is 2.65. The van der Waals surface area contributed by atoms with Crippen molar-refractivity contribution in [2.45, 2.75) is 19.1 Å². The van der Waals surface area contributed by atoms with Crippen molar-refractivity contribution in [2.24, 2.45) is 0 Å². The second-order valence-electron chi connectivity index (χ2n) is 2.30. The first kappa shape index (κ1) is 2.51. The van der Waals surface area contributed by atoms with Crippen LogP contribution in [0.1, 0.15) is 36.7 Å². The van der Waals surface area contributed by atoms with Crippen LogP contribution in [0.3, 0.4) is 0 Å². The van der Waals surface area contributed by atoms with E-state index >= 15 is 0 Å².